The van der Waals surface area contributed by atoms with Crippen molar-refractivity contribution in [1.29, 1.82) is 0 Å². The SMILES string of the molecule is Cc1[nH]c2ccc(CNC(=O)NCCCC(=O)O)cc2c1C. The molecule has 2 rings (SSSR count). The van der Waals surface area contributed by atoms with E-state index < -0.39 is 5.97 Å². The zero-order valence-corrected chi connectivity index (χ0v) is 12.8. The van der Waals surface area contributed by atoms with Crippen molar-refractivity contribution < 1.29 is 14.7 Å². The molecule has 0 radical (unpaired) electrons. The van der Waals surface area contributed by atoms with Crippen LogP contribution >= 0.6 is 0 Å². The summed E-state index contributed by atoms with van der Waals surface area (Å²) in [5.74, 6) is -0.854. The van der Waals surface area contributed by atoms with E-state index in [0.717, 1.165) is 16.8 Å². The van der Waals surface area contributed by atoms with Crippen LogP contribution in [-0.4, -0.2) is 28.6 Å². The van der Waals surface area contributed by atoms with Crippen LogP contribution in [0.15, 0.2) is 18.2 Å². The molecule has 0 aliphatic rings. The van der Waals surface area contributed by atoms with Gasteiger partial charge >= 0.3 is 12.0 Å². The second-order valence-electron chi connectivity index (χ2n) is 5.36. The molecule has 4 N–H and O–H groups in total. The number of amides is 2. The van der Waals surface area contributed by atoms with Gasteiger partial charge in [-0.25, -0.2) is 4.79 Å². The summed E-state index contributed by atoms with van der Waals surface area (Å²) in [7, 11) is 0. The molecule has 1 aromatic carbocycles. The molecule has 6 heteroatoms. The van der Waals surface area contributed by atoms with Crippen molar-refractivity contribution in [2.45, 2.75) is 33.2 Å². The fourth-order valence-corrected chi connectivity index (χ4v) is 2.30. The Balaban J connectivity index is 1.85. The second kappa shape index (κ2) is 6.98. The predicted molar refractivity (Wildman–Crippen MR) is 84.9 cm³/mol. The van der Waals surface area contributed by atoms with Gasteiger partial charge in [-0.05, 0) is 43.5 Å². The molecule has 0 saturated heterocycles. The number of carbonyl (C=O) groups is 2. The molecule has 0 spiro atoms. The van der Waals surface area contributed by atoms with Crippen LogP contribution in [0.25, 0.3) is 10.9 Å². The predicted octanol–water partition coefficient (Wildman–Crippen LogP) is 2.45. The van der Waals surface area contributed by atoms with Gasteiger partial charge in [-0.2, -0.15) is 0 Å². The maximum absolute atomic E-state index is 11.6. The molecular formula is C16H21N3O3. The summed E-state index contributed by atoms with van der Waals surface area (Å²) >= 11 is 0. The summed E-state index contributed by atoms with van der Waals surface area (Å²) < 4.78 is 0. The van der Waals surface area contributed by atoms with Gasteiger partial charge in [0.1, 0.15) is 0 Å². The Morgan fingerprint density at radius 3 is 2.73 bits per heavy atom. The number of benzene rings is 1. The van der Waals surface area contributed by atoms with Crippen molar-refractivity contribution in [2.75, 3.05) is 6.54 Å². The van der Waals surface area contributed by atoms with E-state index in [0.29, 0.717) is 19.5 Å². The molecule has 0 bridgehead atoms. The number of carboxylic acids is 1. The standard InChI is InChI=1S/C16H21N3O3/c1-10-11(2)19-14-6-5-12(8-13(10)14)9-18-16(22)17-7-3-4-15(20)21/h5-6,8,19H,3-4,7,9H2,1-2H3,(H,20,21)(H2,17,18,22). The molecule has 0 aliphatic heterocycles. The van der Waals surface area contributed by atoms with Crippen molar-refractivity contribution in [3.05, 3.63) is 35.0 Å². The number of aliphatic carboxylic acids is 1. The number of aromatic nitrogens is 1. The van der Waals surface area contributed by atoms with Gasteiger partial charge in [0.15, 0.2) is 0 Å². The average Bonchev–Trinajstić information content (AvgIpc) is 2.76. The maximum Gasteiger partial charge on any atom is 0.315 e. The minimum Gasteiger partial charge on any atom is -0.481 e. The Labute approximate surface area is 128 Å². The molecular weight excluding hydrogens is 282 g/mol. The fraction of sp³-hybridized carbons (Fsp3) is 0.375. The Kier molecular flexibility index (Phi) is 5.04. The van der Waals surface area contributed by atoms with E-state index >= 15 is 0 Å². The Bertz CT molecular complexity index is 691. The molecule has 0 atom stereocenters. The van der Waals surface area contributed by atoms with Crippen LogP contribution in [0.2, 0.25) is 0 Å². The topological polar surface area (TPSA) is 94.2 Å². The van der Waals surface area contributed by atoms with Gasteiger partial charge in [-0.1, -0.05) is 6.07 Å². The molecule has 2 amide bonds. The summed E-state index contributed by atoms with van der Waals surface area (Å²) in [5.41, 5.74) is 4.48. The minimum absolute atomic E-state index is 0.0586. The van der Waals surface area contributed by atoms with Crippen molar-refractivity contribution >= 4 is 22.9 Å². The Morgan fingerprint density at radius 2 is 2.00 bits per heavy atom. The van der Waals surface area contributed by atoms with Crippen LogP contribution in [0, 0.1) is 13.8 Å². The van der Waals surface area contributed by atoms with Gasteiger partial charge < -0.3 is 20.7 Å². The van der Waals surface area contributed by atoms with Crippen molar-refractivity contribution in [3.8, 4) is 0 Å². The molecule has 2 aromatic rings. The van der Waals surface area contributed by atoms with Crippen LogP contribution < -0.4 is 10.6 Å². The number of fused-ring (bicyclic) bond motifs is 1. The van der Waals surface area contributed by atoms with Gasteiger partial charge in [-0.3, -0.25) is 4.79 Å². The number of carbonyl (C=O) groups excluding carboxylic acids is 1. The zero-order chi connectivity index (χ0) is 16.1. The first-order valence-electron chi connectivity index (χ1n) is 7.28. The molecule has 1 aromatic heterocycles. The van der Waals surface area contributed by atoms with Crippen molar-refractivity contribution in [2.24, 2.45) is 0 Å². The maximum atomic E-state index is 11.6. The zero-order valence-electron chi connectivity index (χ0n) is 12.8. The monoisotopic (exact) mass is 303 g/mol. The number of hydrogen-bond donors (Lipinski definition) is 4. The number of aryl methyl sites for hydroxylation is 2. The highest BCUT2D eigenvalue weighted by molar-refractivity contribution is 5.85. The third kappa shape index (κ3) is 4.00. The summed E-state index contributed by atoms with van der Waals surface area (Å²) in [5, 5.41) is 15.1. The fourth-order valence-electron chi connectivity index (χ4n) is 2.30. The van der Waals surface area contributed by atoms with E-state index in [4.69, 9.17) is 5.11 Å². The van der Waals surface area contributed by atoms with E-state index in [1.54, 1.807) is 0 Å². The summed E-state index contributed by atoms with van der Waals surface area (Å²) in [4.78, 5) is 25.3. The lowest BCUT2D eigenvalue weighted by molar-refractivity contribution is -0.137. The summed E-state index contributed by atoms with van der Waals surface area (Å²) in [6.07, 6.45) is 0.486. The van der Waals surface area contributed by atoms with E-state index in [1.807, 2.05) is 19.1 Å². The van der Waals surface area contributed by atoms with E-state index in [2.05, 4.69) is 28.6 Å². The largest absolute Gasteiger partial charge is 0.481 e. The lowest BCUT2D eigenvalue weighted by Crippen LogP contribution is -2.35. The lowest BCUT2D eigenvalue weighted by Gasteiger charge is -2.07. The van der Waals surface area contributed by atoms with Gasteiger partial charge in [0, 0.05) is 36.1 Å². The minimum atomic E-state index is -0.854. The number of nitrogens with one attached hydrogen (secondary N) is 3. The number of H-pyrrole nitrogens is 1. The Hall–Kier alpha value is -2.50. The van der Waals surface area contributed by atoms with Gasteiger partial charge in [0.2, 0.25) is 0 Å². The first-order valence-corrected chi connectivity index (χ1v) is 7.28. The highest BCUT2D eigenvalue weighted by atomic mass is 16.4. The third-order valence-electron chi connectivity index (χ3n) is 3.68. The first-order chi connectivity index (χ1) is 10.5. The number of urea groups is 1. The average molecular weight is 303 g/mol. The lowest BCUT2D eigenvalue weighted by atomic mass is 10.1. The summed E-state index contributed by atoms with van der Waals surface area (Å²) in [6, 6.07) is 5.77. The smallest absolute Gasteiger partial charge is 0.315 e. The van der Waals surface area contributed by atoms with Crippen molar-refractivity contribution in [1.82, 2.24) is 15.6 Å². The van der Waals surface area contributed by atoms with Crippen LogP contribution in [0.3, 0.4) is 0 Å². The normalized spacial score (nSPS) is 10.6. The number of rotatable bonds is 6. The van der Waals surface area contributed by atoms with E-state index in [1.165, 1.54) is 10.9 Å². The first kappa shape index (κ1) is 15.9. The van der Waals surface area contributed by atoms with Gasteiger partial charge in [-0.15, -0.1) is 0 Å². The number of carboxylic acid groups (broad SMARTS) is 1. The molecule has 22 heavy (non-hydrogen) atoms. The molecule has 6 nitrogen and oxygen atoms in total. The molecule has 0 saturated carbocycles. The van der Waals surface area contributed by atoms with E-state index in [-0.39, 0.29) is 12.5 Å². The molecule has 0 aliphatic carbocycles. The Morgan fingerprint density at radius 1 is 1.23 bits per heavy atom. The number of hydrogen-bond acceptors (Lipinski definition) is 2. The van der Waals surface area contributed by atoms with Crippen LogP contribution in [0.1, 0.15) is 29.7 Å². The van der Waals surface area contributed by atoms with Crippen LogP contribution in [0.5, 0.6) is 0 Å². The molecule has 0 fully saturated rings. The quantitative estimate of drug-likeness (QED) is 0.617. The summed E-state index contributed by atoms with van der Waals surface area (Å²) in [6.45, 7) is 4.90. The second-order valence-corrected chi connectivity index (χ2v) is 5.36. The van der Waals surface area contributed by atoms with Gasteiger partial charge in [0.25, 0.3) is 0 Å². The van der Waals surface area contributed by atoms with Crippen LogP contribution in [0.4, 0.5) is 4.79 Å². The number of aromatic amines is 1. The highest BCUT2D eigenvalue weighted by Crippen LogP contribution is 2.22. The van der Waals surface area contributed by atoms with E-state index in [9.17, 15) is 9.59 Å². The highest BCUT2D eigenvalue weighted by Gasteiger charge is 2.06. The molecule has 118 valence electrons. The molecule has 1 heterocycles. The van der Waals surface area contributed by atoms with Gasteiger partial charge in [0.05, 0.1) is 0 Å². The van der Waals surface area contributed by atoms with Crippen LogP contribution in [-0.2, 0) is 11.3 Å². The third-order valence-corrected chi connectivity index (χ3v) is 3.68. The molecule has 0 unspecified atom stereocenters. The van der Waals surface area contributed by atoms with Crippen molar-refractivity contribution in [3.63, 3.8) is 0 Å².